The van der Waals surface area contributed by atoms with E-state index >= 15 is 0 Å². The molecule has 1 heterocycles. The minimum atomic E-state index is -4.51. The van der Waals surface area contributed by atoms with Gasteiger partial charge >= 0.3 is 6.18 Å². The van der Waals surface area contributed by atoms with Gasteiger partial charge < -0.3 is 15.4 Å². The van der Waals surface area contributed by atoms with Gasteiger partial charge in [-0.25, -0.2) is 4.39 Å². The third kappa shape index (κ3) is 4.87. The van der Waals surface area contributed by atoms with Crippen molar-refractivity contribution in [2.45, 2.75) is 19.0 Å². The molecule has 0 spiro atoms. The zero-order valence-corrected chi connectivity index (χ0v) is 11.7. The largest absolute Gasteiger partial charge is 0.482 e. The van der Waals surface area contributed by atoms with Crippen molar-refractivity contribution in [3.63, 3.8) is 0 Å². The summed E-state index contributed by atoms with van der Waals surface area (Å²) in [6.45, 7) is -0.198. The van der Waals surface area contributed by atoms with Crippen LogP contribution in [0.2, 0.25) is 0 Å². The molecular formula is C14H16F4N2O2. The van der Waals surface area contributed by atoms with Crippen LogP contribution in [0.15, 0.2) is 18.2 Å². The Hall–Kier alpha value is -1.83. The molecule has 1 amide bonds. The first-order valence-corrected chi connectivity index (χ1v) is 6.86. The number of carbonyl (C=O) groups excluding carboxylic acids is 1. The molecule has 2 N–H and O–H groups in total. The Morgan fingerprint density at radius 2 is 2.18 bits per heavy atom. The first-order valence-electron chi connectivity index (χ1n) is 6.86. The van der Waals surface area contributed by atoms with Crippen LogP contribution >= 0.6 is 0 Å². The fourth-order valence-electron chi connectivity index (χ4n) is 2.20. The predicted molar refractivity (Wildman–Crippen MR) is 72.2 cm³/mol. The number of rotatable bonds is 4. The summed E-state index contributed by atoms with van der Waals surface area (Å²) >= 11 is 0. The first-order chi connectivity index (χ1) is 10.3. The van der Waals surface area contributed by atoms with Crippen LogP contribution < -0.4 is 15.4 Å². The van der Waals surface area contributed by atoms with E-state index in [4.69, 9.17) is 0 Å². The van der Waals surface area contributed by atoms with Crippen LogP contribution in [0.1, 0.15) is 12.8 Å². The number of carbonyl (C=O) groups is 1. The Balaban J connectivity index is 2.07. The molecule has 0 aromatic heterocycles. The second-order valence-corrected chi connectivity index (χ2v) is 5.08. The topological polar surface area (TPSA) is 50.4 Å². The van der Waals surface area contributed by atoms with E-state index in [0.29, 0.717) is 13.0 Å². The monoisotopic (exact) mass is 320 g/mol. The molecule has 1 aromatic rings. The van der Waals surface area contributed by atoms with E-state index in [9.17, 15) is 22.4 Å². The Morgan fingerprint density at radius 3 is 2.82 bits per heavy atom. The highest BCUT2D eigenvalue weighted by molar-refractivity contribution is 5.94. The number of nitrogens with one attached hydrogen (secondary N) is 2. The van der Waals surface area contributed by atoms with Gasteiger partial charge in [0.15, 0.2) is 6.61 Å². The third-order valence-corrected chi connectivity index (χ3v) is 3.26. The average Bonchev–Trinajstić information content (AvgIpc) is 2.46. The summed E-state index contributed by atoms with van der Waals surface area (Å²) < 4.78 is 54.5. The molecule has 2 rings (SSSR count). The number of amides is 1. The average molecular weight is 320 g/mol. The van der Waals surface area contributed by atoms with Crippen molar-refractivity contribution in [1.82, 2.24) is 5.32 Å². The predicted octanol–water partition coefficient (Wildman–Crippen LogP) is 2.70. The highest BCUT2D eigenvalue weighted by atomic mass is 19.4. The van der Waals surface area contributed by atoms with Gasteiger partial charge in [-0.05, 0) is 31.5 Å². The van der Waals surface area contributed by atoms with Crippen LogP contribution in [-0.4, -0.2) is 31.8 Å². The first kappa shape index (κ1) is 16.5. The van der Waals surface area contributed by atoms with Crippen molar-refractivity contribution in [3.05, 3.63) is 24.0 Å². The summed E-state index contributed by atoms with van der Waals surface area (Å²) in [5, 5.41) is 5.50. The summed E-state index contributed by atoms with van der Waals surface area (Å²) in [4.78, 5) is 12.1. The molecule has 0 radical (unpaired) electrons. The third-order valence-electron chi connectivity index (χ3n) is 3.26. The molecule has 0 saturated carbocycles. The Labute approximate surface area is 124 Å². The number of ether oxygens (including phenoxy) is 1. The van der Waals surface area contributed by atoms with Crippen LogP contribution in [0.4, 0.5) is 23.2 Å². The van der Waals surface area contributed by atoms with Crippen molar-refractivity contribution in [1.29, 1.82) is 0 Å². The van der Waals surface area contributed by atoms with Gasteiger partial charge in [-0.15, -0.1) is 0 Å². The van der Waals surface area contributed by atoms with Crippen LogP contribution in [0.3, 0.4) is 0 Å². The highest BCUT2D eigenvalue weighted by Crippen LogP contribution is 2.28. The van der Waals surface area contributed by atoms with Crippen molar-refractivity contribution >= 4 is 11.6 Å². The number of hydrogen-bond donors (Lipinski definition) is 2. The van der Waals surface area contributed by atoms with Gasteiger partial charge in [-0.3, -0.25) is 4.79 Å². The Morgan fingerprint density at radius 1 is 1.41 bits per heavy atom. The molecular weight excluding hydrogens is 304 g/mol. The summed E-state index contributed by atoms with van der Waals surface area (Å²) in [5.74, 6) is -1.55. The lowest BCUT2D eigenvalue weighted by Crippen LogP contribution is -2.37. The number of piperidine rings is 1. The quantitative estimate of drug-likeness (QED) is 0.839. The maximum absolute atomic E-state index is 13.3. The fourth-order valence-corrected chi connectivity index (χ4v) is 2.20. The van der Waals surface area contributed by atoms with Crippen LogP contribution in [-0.2, 0) is 4.79 Å². The van der Waals surface area contributed by atoms with Gasteiger partial charge in [0.2, 0.25) is 5.91 Å². The van der Waals surface area contributed by atoms with Crippen molar-refractivity contribution in [2.75, 3.05) is 25.0 Å². The number of alkyl halides is 3. The summed E-state index contributed by atoms with van der Waals surface area (Å²) in [6, 6.07) is 2.99. The van der Waals surface area contributed by atoms with Crippen LogP contribution in [0, 0.1) is 11.7 Å². The van der Waals surface area contributed by atoms with Crippen LogP contribution in [0.25, 0.3) is 0 Å². The van der Waals surface area contributed by atoms with Crippen LogP contribution in [0.5, 0.6) is 5.75 Å². The number of anilines is 1. The van der Waals surface area contributed by atoms with Gasteiger partial charge in [0.1, 0.15) is 11.6 Å². The molecule has 1 fully saturated rings. The van der Waals surface area contributed by atoms with Crippen molar-refractivity contribution in [2.24, 2.45) is 5.92 Å². The Bertz CT molecular complexity index is 528. The molecule has 1 aliphatic heterocycles. The SMILES string of the molecule is O=C(Nc1cc(F)ccc1OCC(F)(F)F)C1CCCNC1. The van der Waals surface area contributed by atoms with Gasteiger partial charge in [-0.2, -0.15) is 13.2 Å². The summed E-state index contributed by atoms with van der Waals surface area (Å²) in [6.07, 6.45) is -3.01. The maximum atomic E-state index is 13.3. The lowest BCUT2D eigenvalue weighted by atomic mass is 9.99. The molecule has 122 valence electrons. The van der Waals surface area contributed by atoms with Crippen molar-refractivity contribution in [3.8, 4) is 5.75 Å². The Kier molecular flexibility index (Phi) is 5.23. The van der Waals surface area contributed by atoms with E-state index in [1.807, 2.05) is 0 Å². The minimum absolute atomic E-state index is 0.0974. The maximum Gasteiger partial charge on any atom is 0.422 e. The number of benzene rings is 1. The van der Waals surface area contributed by atoms with Gasteiger partial charge in [0, 0.05) is 12.6 Å². The molecule has 1 atom stereocenters. The standard InChI is InChI=1S/C14H16F4N2O2/c15-10-3-4-12(22-8-14(16,17)18)11(6-10)20-13(21)9-2-1-5-19-7-9/h3-4,6,9,19H,1-2,5,7-8H2,(H,20,21). The molecule has 1 unspecified atom stereocenters. The molecule has 22 heavy (non-hydrogen) atoms. The number of hydrogen-bond acceptors (Lipinski definition) is 3. The second kappa shape index (κ2) is 6.95. The lowest BCUT2D eigenvalue weighted by Gasteiger charge is -2.22. The van der Waals surface area contributed by atoms with Crippen molar-refractivity contribution < 1.29 is 27.1 Å². The van der Waals surface area contributed by atoms with Gasteiger partial charge in [0.05, 0.1) is 11.6 Å². The van der Waals surface area contributed by atoms with E-state index in [1.54, 1.807) is 0 Å². The molecule has 8 heteroatoms. The van der Waals surface area contributed by atoms with E-state index in [1.165, 1.54) is 0 Å². The normalized spacial score (nSPS) is 18.8. The zero-order valence-electron chi connectivity index (χ0n) is 11.7. The summed E-state index contributed by atoms with van der Waals surface area (Å²) in [5.41, 5.74) is -0.0974. The van der Waals surface area contributed by atoms with E-state index in [0.717, 1.165) is 31.2 Å². The second-order valence-electron chi connectivity index (χ2n) is 5.08. The van der Waals surface area contributed by atoms with E-state index < -0.39 is 18.6 Å². The molecule has 0 aliphatic carbocycles. The molecule has 1 saturated heterocycles. The van der Waals surface area contributed by atoms with Gasteiger partial charge in [-0.1, -0.05) is 0 Å². The lowest BCUT2D eigenvalue weighted by molar-refractivity contribution is -0.153. The van der Waals surface area contributed by atoms with Gasteiger partial charge in [0.25, 0.3) is 0 Å². The molecule has 4 nitrogen and oxygen atoms in total. The summed E-state index contributed by atoms with van der Waals surface area (Å²) in [7, 11) is 0. The molecule has 0 bridgehead atoms. The highest BCUT2D eigenvalue weighted by Gasteiger charge is 2.29. The zero-order chi connectivity index (χ0) is 16.2. The fraction of sp³-hybridized carbons (Fsp3) is 0.500. The van der Waals surface area contributed by atoms with E-state index in [2.05, 4.69) is 15.4 Å². The van der Waals surface area contributed by atoms with E-state index in [-0.39, 0.29) is 23.3 Å². The smallest absolute Gasteiger partial charge is 0.422 e. The number of halogens is 4. The molecule has 1 aliphatic rings. The minimum Gasteiger partial charge on any atom is -0.482 e. The molecule has 1 aromatic carbocycles.